The van der Waals surface area contributed by atoms with E-state index in [2.05, 4.69) is 47.2 Å². The summed E-state index contributed by atoms with van der Waals surface area (Å²) in [5, 5.41) is 10.5. The van der Waals surface area contributed by atoms with Gasteiger partial charge in [0.15, 0.2) is 5.65 Å². The summed E-state index contributed by atoms with van der Waals surface area (Å²) < 4.78 is 1.88. The van der Waals surface area contributed by atoms with Gasteiger partial charge in [-0.25, -0.2) is 9.67 Å². The Morgan fingerprint density at radius 3 is 2.61 bits per heavy atom. The molecule has 4 aromatic rings. The minimum Gasteiger partial charge on any atom is -0.367 e. The van der Waals surface area contributed by atoms with Gasteiger partial charge in [-0.3, -0.25) is 4.79 Å². The van der Waals surface area contributed by atoms with Gasteiger partial charge in [0, 0.05) is 32.2 Å². The third-order valence-corrected chi connectivity index (χ3v) is 6.96. The summed E-state index contributed by atoms with van der Waals surface area (Å²) in [6.07, 6.45) is 1.75. The number of carbonyl (C=O) groups is 1. The Morgan fingerprint density at radius 2 is 1.88 bits per heavy atom. The number of nitrogens with zero attached hydrogens (tertiary/aromatic N) is 5. The van der Waals surface area contributed by atoms with E-state index in [0.717, 1.165) is 59.2 Å². The predicted octanol–water partition coefficient (Wildman–Crippen LogP) is 4.74. The number of hydrogen-bond donors (Lipinski definition) is 1. The van der Waals surface area contributed by atoms with Crippen LogP contribution in [0.2, 0.25) is 0 Å². The van der Waals surface area contributed by atoms with Crippen molar-refractivity contribution in [2.45, 2.75) is 19.9 Å². The largest absolute Gasteiger partial charge is 0.367 e. The minimum atomic E-state index is -0.148. The van der Waals surface area contributed by atoms with Gasteiger partial charge in [-0.1, -0.05) is 18.2 Å². The van der Waals surface area contributed by atoms with E-state index >= 15 is 0 Å². The molecule has 0 bridgehead atoms. The van der Waals surface area contributed by atoms with Crippen LogP contribution >= 0.6 is 11.3 Å². The molecule has 4 heterocycles. The molecule has 170 valence electrons. The smallest absolute Gasteiger partial charge is 0.256 e. The summed E-state index contributed by atoms with van der Waals surface area (Å²) in [6.45, 7) is 8.02. The lowest BCUT2D eigenvalue weighted by Crippen LogP contribution is -2.44. The quantitative estimate of drug-likeness (QED) is 0.466. The van der Waals surface area contributed by atoms with Gasteiger partial charge >= 0.3 is 0 Å². The number of aromatic nitrogens is 3. The van der Waals surface area contributed by atoms with E-state index < -0.39 is 0 Å². The number of para-hydroxylation sites is 2. The minimum absolute atomic E-state index is 0.141. The lowest BCUT2D eigenvalue weighted by Gasteiger charge is -2.35. The van der Waals surface area contributed by atoms with Crippen molar-refractivity contribution >= 4 is 39.7 Å². The molecule has 0 atom stereocenters. The number of likely N-dealkylation sites (N-methyl/N-ethyl adjacent to an activating group) is 1. The number of benzene rings is 1. The van der Waals surface area contributed by atoms with Gasteiger partial charge in [0.1, 0.15) is 0 Å². The average molecular weight is 461 g/mol. The number of fused-ring (bicyclic) bond motifs is 1. The van der Waals surface area contributed by atoms with Crippen LogP contribution < -0.4 is 10.2 Å². The lowest BCUT2D eigenvalue weighted by molar-refractivity contribution is 0.102. The number of rotatable bonds is 5. The molecule has 0 saturated carbocycles. The maximum absolute atomic E-state index is 13.6. The number of pyridine rings is 1. The van der Waals surface area contributed by atoms with Crippen molar-refractivity contribution in [2.75, 3.05) is 43.4 Å². The summed E-state index contributed by atoms with van der Waals surface area (Å²) in [5.74, 6) is -0.148. The molecule has 1 fully saturated rings. The van der Waals surface area contributed by atoms with Crippen LogP contribution in [0.1, 0.15) is 30.2 Å². The Balaban J connectivity index is 1.53. The van der Waals surface area contributed by atoms with Crippen LogP contribution in [-0.4, -0.2) is 58.8 Å². The number of amides is 1. The average Bonchev–Trinajstić information content (AvgIpc) is 3.49. The summed E-state index contributed by atoms with van der Waals surface area (Å²) >= 11 is 1.61. The van der Waals surface area contributed by atoms with Crippen molar-refractivity contribution in [3.8, 4) is 10.6 Å². The van der Waals surface area contributed by atoms with Crippen molar-refractivity contribution in [3.63, 3.8) is 0 Å². The van der Waals surface area contributed by atoms with Gasteiger partial charge in [-0.2, -0.15) is 5.10 Å². The normalized spacial score (nSPS) is 14.8. The zero-order valence-corrected chi connectivity index (χ0v) is 20.0. The van der Waals surface area contributed by atoms with Crippen LogP contribution in [0.3, 0.4) is 0 Å². The van der Waals surface area contributed by atoms with Crippen LogP contribution in [0.25, 0.3) is 21.6 Å². The molecule has 7 nitrogen and oxygen atoms in total. The molecule has 0 unspecified atom stereocenters. The van der Waals surface area contributed by atoms with Crippen molar-refractivity contribution < 1.29 is 4.79 Å². The molecule has 33 heavy (non-hydrogen) atoms. The van der Waals surface area contributed by atoms with Crippen LogP contribution in [-0.2, 0) is 0 Å². The predicted molar refractivity (Wildman–Crippen MR) is 135 cm³/mol. The van der Waals surface area contributed by atoms with E-state index in [1.54, 1.807) is 17.5 Å². The first kappa shape index (κ1) is 21.6. The molecular formula is C25H28N6OS. The number of thiophene rings is 1. The molecular weight excluding hydrogens is 432 g/mol. The second-order valence-corrected chi connectivity index (χ2v) is 9.66. The van der Waals surface area contributed by atoms with E-state index in [4.69, 9.17) is 4.98 Å². The SMILES string of the molecule is CC(C)n1ncc2c(C(=O)Nc3ccccc3N3CCN(C)CC3)cc(-c3cccs3)nc21. The highest BCUT2D eigenvalue weighted by atomic mass is 32.1. The fourth-order valence-corrected chi connectivity index (χ4v) is 4.91. The molecule has 1 saturated heterocycles. The van der Waals surface area contributed by atoms with Gasteiger partial charge in [-0.05, 0) is 50.5 Å². The molecule has 1 N–H and O–H groups in total. The van der Waals surface area contributed by atoms with Crippen molar-refractivity contribution in [2.24, 2.45) is 0 Å². The summed E-state index contributed by atoms with van der Waals surface area (Å²) in [5.41, 5.74) is 3.99. The van der Waals surface area contributed by atoms with E-state index in [-0.39, 0.29) is 11.9 Å². The lowest BCUT2D eigenvalue weighted by atomic mass is 10.1. The molecule has 1 aromatic carbocycles. The van der Waals surface area contributed by atoms with Crippen molar-refractivity contribution in [1.29, 1.82) is 0 Å². The molecule has 0 spiro atoms. The Morgan fingerprint density at radius 1 is 1.09 bits per heavy atom. The summed E-state index contributed by atoms with van der Waals surface area (Å²) in [6, 6.07) is 14.1. The van der Waals surface area contributed by atoms with E-state index in [9.17, 15) is 4.79 Å². The first-order chi connectivity index (χ1) is 16.0. The highest BCUT2D eigenvalue weighted by molar-refractivity contribution is 7.13. The number of hydrogen-bond acceptors (Lipinski definition) is 6. The van der Waals surface area contributed by atoms with Crippen molar-refractivity contribution in [1.82, 2.24) is 19.7 Å². The second kappa shape index (κ2) is 8.96. The van der Waals surface area contributed by atoms with E-state index in [1.807, 2.05) is 46.5 Å². The van der Waals surface area contributed by atoms with Crippen LogP contribution in [0.5, 0.6) is 0 Å². The maximum Gasteiger partial charge on any atom is 0.256 e. The summed E-state index contributed by atoms with van der Waals surface area (Å²) in [4.78, 5) is 24.2. The third-order valence-electron chi connectivity index (χ3n) is 6.07. The Bertz CT molecular complexity index is 1270. The molecule has 1 aliphatic rings. The van der Waals surface area contributed by atoms with Gasteiger partial charge in [-0.15, -0.1) is 11.3 Å². The number of nitrogens with one attached hydrogen (secondary N) is 1. The monoisotopic (exact) mass is 460 g/mol. The molecule has 1 aliphatic heterocycles. The molecule has 3 aromatic heterocycles. The Hall–Kier alpha value is -3.23. The standard InChI is InChI=1S/C25H28N6OS/c1-17(2)31-24-19(16-26-31)18(15-21(27-24)23-9-6-14-33-23)25(32)28-20-7-4-5-8-22(20)30-12-10-29(3)11-13-30/h4-9,14-17H,10-13H2,1-3H3,(H,28,32). The first-order valence-corrected chi connectivity index (χ1v) is 12.1. The van der Waals surface area contributed by atoms with Gasteiger partial charge in [0.25, 0.3) is 5.91 Å². The molecule has 0 aliphatic carbocycles. The molecule has 0 radical (unpaired) electrons. The van der Waals surface area contributed by atoms with Gasteiger partial charge in [0.2, 0.25) is 0 Å². The first-order valence-electron chi connectivity index (χ1n) is 11.3. The van der Waals surface area contributed by atoms with Crippen LogP contribution in [0.4, 0.5) is 11.4 Å². The van der Waals surface area contributed by atoms with Gasteiger partial charge in [0.05, 0.1) is 39.1 Å². The Kier molecular flexibility index (Phi) is 5.86. The summed E-state index contributed by atoms with van der Waals surface area (Å²) in [7, 11) is 2.14. The number of carbonyl (C=O) groups excluding carboxylic acids is 1. The van der Waals surface area contributed by atoms with E-state index in [0.29, 0.717) is 5.56 Å². The molecule has 1 amide bonds. The number of anilines is 2. The fourth-order valence-electron chi connectivity index (χ4n) is 4.23. The highest BCUT2D eigenvalue weighted by Gasteiger charge is 2.21. The fraction of sp³-hybridized carbons (Fsp3) is 0.320. The third kappa shape index (κ3) is 4.24. The highest BCUT2D eigenvalue weighted by Crippen LogP contribution is 2.31. The maximum atomic E-state index is 13.6. The molecule has 5 rings (SSSR count). The van der Waals surface area contributed by atoms with Crippen molar-refractivity contribution in [3.05, 3.63) is 59.6 Å². The van der Waals surface area contributed by atoms with Crippen LogP contribution in [0, 0.1) is 0 Å². The van der Waals surface area contributed by atoms with Gasteiger partial charge < -0.3 is 15.1 Å². The van der Waals surface area contributed by atoms with E-state index in [1.165, 1.54) is 0 Å². The second-order valence-electron chi connectivity index (χ2n) is 8.71. The number of piperazine rings is 1. The topological polar surface area (TPSA) is 66.3 Å². The van der Waals surface area contributed by atoms with Crippen LogP contribution in [0.15, 0.2) is 54.0 Å². The zero-order valence-electron chi connectivity index (χ0n) is 19.2. The zero-order chi connectivity index (χ0) is 22.9. The Labute approximate surface area is 197 Å². The molecule has 8 heteroatoms.